The second-order valence-corrected chi connectivity index (χ2v) is 5.26. The summed E-state index contributed by atoms with van der Waals surface area (Å²) in [5.41, 5.74) is 5.39. The number of nitrogens with zero attached hydrogens (tertiary/aromatic N) is 2. The summed E-state index contributed by atoms with van der Waals surface area (Å²) < 4.78 is 19.4. The first-order chi connectivity index (χ1) is 10.6. The summed E-state index contributed by atoms with van der Waals surface area (Å²) in [7, 11) is 0. The molecule has 0 radical (unpaired) electrons. The molecule has 3 rings (SSSR count). The topological polar surface area (TPSA) is 84.2 Å². The SMILES string of the molecule is Nc1nc(N2CCOCC2)[nH]c(=O)c1-c1cccc(Cl)c1F. The zero-order valence-corrected chi connectivity index (χ0v) is 12.4. The summed E-state index contributed by atoms with van der Waals surface area (Å²) in [6.45, 7) is 2.31. The summed E-state index contributed by atoms with van der Waals surface area (Å²) in [6.07, 6.45) is 0. The number of aromatic nitrogens is 2. The normalized spacial score (nSPS) is 15.1. The Morgan fingerprint density at radius 1 is 1.36 bits per heavy atom. The van der Waals surface area contributed by atoms with Gasteiger partial charge in [0.15, 0.2) is 0 Å². The molecule has 1 saturated heterocycles. The highest BCUT2D eigenvalue weighted by molar-refractivity contribution is 6.31. The van der Waals surface area contributed by atoms with E-state index in [1.54, 1.807) is 6.07 Å². The maximum absolute atomic E-state index is 14.1. The Balaban J connectivity index is 2.07. The van der Waals surface area contributed by atoms with Crippen LogP contribution in [0.1, 0.15) is 0 Å². The van der Waals surface area contributed by atoms with Crippen LogP contribution < -0.4 is 16.2 Å². The van der Waals surface area contributed by atoms with Gasteiger partial charge in [0.1, 0.15) is 11.6 Å². The second kappa shape index (κ2) is 5.94. The van der Waals surface area contributed by atoms with Crippen LogP contribution in [0.3, 0.4) is 0 Å². The number of rotatable bonds is 2. The molecule has 1 fully saturated rings. The Hall–Kier alpha value is -2.12. The molecule has 1 aromatic carbocycles. The van der Waals surface area contributed by atoms with Gasteiger partial charge in [-0.2, -0.15) is 4.98 Å². The van der Waals surface area contributed by atoms with Gasteiger partial charge in [-0.1, -0.05) is 23.7 Å². The molecule has 116 valence electrons. The van der Waals surface area contributed by atoms with Gasteiger partial charge in [-0.3, -0.25) is 9.78 Å². The molecule has 22 heavy (non-hydrogen) atoms. The number of halogens is 2. The van der Waals surface area contributed by atoms with Crippen molar-refractivity contribution in [2.75, 3.05) is 36.9 Å². The van der Waals surface area contributed by atoms with Crippen molar-refractivity contribution in [1.82, 2.24) is 9.97 Å². The highest BCUT2D eigenvalue weighted by Gasteiger charge is 2.20. The molecule has 0 atom stereocenters. The number of anilines is 2. The molecule has 0 bridgehead atoms. The lowest BCUT2D eigenvalue weighted by Gasteiger charge is -2.27. The zero-order valence-electron chi connectivity index (χ0n) is 11.6. The standard InChI is InChI=1S/C14H14ClFN4O2/c15-9-3-1-2-8(11(9)16)10-12(17)18-14(19-13(10)21)20-4-6-22-7-5-20/h1-3H,4-7H2,(H3,17,18,19,21). The maximum Gasteiger partial charge on any atom is 0.262 e. The predicted octanol–water partition coefficient (Wildman–Crippen LogP) is 1.65. The molecule has 1 aliphatic heterocycles. The van der Waals surface area contributed by atoms with Gasteiger partial charge < -0.3 is 15.4 Å². The third kappa shape index (κ3) is 2.65. The van der Waals surface area contributed by atoms with Gasteiger partial charge in [-0.25, -0.2) is 4.39 Å². The lowest BCUT2D eigenvalue weighted by Crippen LogP contribution is -2.38. The van der Waals surface area contributed by atoms with Gasteiger partial charge in [0.25, 0.3) is 5.56 Å². The molecule has 1 aliphatic rings. The number of H-pyrrole nitrogens is 1. The van der Waals surface area contributed by atoms with Gasteiger partial charge >= 0.3 is 0 Å². The van der Waals surface area contributed by atoms with Gasteiger partial charge in [-0.05, 0) is 6.07 Å². The monoisotopic (exact) mass is 324 g/mol. The summed E-state index contributed by atoms with van der Waals surface area (Å²) >= 11 is 5.75. The van der Waals surface area contributed by atoms with Crippen molar-refractivity contribution in [2.45, 2.75) is 0 Å². The molecule has 0 unspecified atom stereocenters. The molecule has 0 aliphatic carbocycles. The molecular formula is C14H14ClFN4O2. The summed E-state index contributed by atoms with van der Waals surface area (Å²) in [5, 5.41) is -0.0754. The number of hydrogen-bond acceptors (Lipinski definition) is 5. The first-order valence-electron chi connectivity index (χ1n) is 6.75. The second-order valence-electron chi connectivity index (χ2n) is 4.85. The Labute approximate surface area is 130 Å². The first kappa shape index (κ1) is 14.8. The van der Waals surface area contributed by atoms with Gasteiger partial charge in [-0.15, -0.1) is 0 Å². The van der Waals surface area contributed by atoms with Crippen molar-refractivity contribution in [3.05, 3.63) is 39.4 Å². The van der Waals surface area contributed by atoms with Crippen LogP contribution in [-0.2, 0) is 4.74 Å². The number of aromatic amines is 1. The average Bonchev–Trinajstić information content (AvgIpc) is 2.51. The number of hydrogen-bond donors (Lipinski definition) is 2. The number of ether oxygens (including phenoxy) is 1. The fourth-order valence-corrected chi connectivity index (χ4v) is 2.53. The van der Waals surface area contributed by atoms with Crippen LogP contribution in [0.2, 0.25) is 5.02 Å². The van der Waals surface area contributed by atoms with Crippen molar-refractivity contribution >= 4 is 23.4 Å². The van der Waals surface area contributed by atoms with E-state index in [1.807, 2.05) is 4.90 Å². The van der Waals surface area contributed by atoms with E-state index in [-0.39, 0.29) is 22.0 Å². The summed E-state index contributed by atoms with van der Waals surface area (Å²) in [6, 6.07) is 4.40. The molecule has 8 heteroatoms. The molecule has 0 amide bonds. The van der Waals surface area contributed by atoms with Crippen molar-refractivity contribution < 1.29 is 9.13 Å². The van der Waals surface area contributed by atoms with E-state index < -0.39 is 11.4 Å². The Kier molecular flexibility index (Phi) is 4.00. The highest BCUT2D eigenvalue weighted by atomic mass is 35.5. The number of nitrogens with one attached hydrogen (secondary N) is 1. The van der Waals surface area contributed by atoms with Crippen molar-refractivity contribution in [3.8, 4) is 11.1 Å². The predicted molar refractivity (Wildman–Crippen MR) is 82.7 cm³/mol. The summed E-state index contributed by atoms with van der Waals surface area (Å²) in [5.74, 6) is -0.370. The molecule has 0 spiro atoms. The van der Waals surface area contributed by atoms with Crippen molar-refractivity contribution in [2.24, 2.45) is 0 Å². The number of benzene rings is 1. The van der Waals surface area contributed by atoms with Crippen LogP contribution in [0.4, 0.5) is 16.2 Å². The van der Waals surface area contributed by atoms with Crippen molar-refractivity contribution in [3.63, 3.8) is 0 Å². The molecule has 2 heterocycles. The third-order valence-corrected chi connectivity index (χ3v) is 3.76. The van der Waals surface area contributed by atoms with Gasteiger partial charge in [0.05, 0.1) is 23.8 Å². The van der Waals surface area contributed by atoms with Crippen LogP contribution in [0.25, 0.3) is 11.1 Å². The van der Waals surface area contributed by atoms with Crippen LogP contribution in [0, 0.1) is 5.82 Å². The lowest BCUT2D eigenvalue weighted by molar-refractivity contribution is 0.122. The van der Waals surface area contributed by atoms with E-state index in [0.29, 0.717) is 32.3 Å². The highest BCUT2D eigenvalue weighted by Crippen LogP contribution is 2.28. The Morgan fingerprint density at radius 3 is 2.77 bits per heavy atom. The number of nitrogens with two attached hydrogens (primary N) is 1. The Morgan fingerprint density at radius 2 is 2.09 bits per heavy atom. The van der Waals surface area contributed by atoms with Crippen LogP contribution in [0.15, 0.2) is 23.0 Å². The quantitative estimate of drug-likeness (QED) is 0.877. The zero-order chi connectivity index (χ0) is 15.7. The van der Waals surface area contributed by atoms with Gasteiger partial charge in [0.2, 0.25) is 5.95 Å². The smallest absolute Gasteiger partial charge is 0.262 e. The van der Waals surface area contributed by atoms with Crippen LogP contribution in [-0.4, -0.2) is 36.3 Å². The molecule has 2 aromatic rings. The molecule has 1 aromatic heterocycles. The van der Waals surface area contributed by atoms with E-state index >= 15 is 0 Å². The molecule has 6 nitrogen and oxygen atoms in total. The van der Waals surface area contributed by atoms with E-state index in [2.05, 4.69) is 9.97 Å². The number of nitrogen functional groups attached to an aromatic ring is 1. The van der Waals surface area contributed by atoms with E-state index in [1.165, 1.54) is 12.1 Å². The molecule has 0 saturated carbocycles. The minimum absolute atomic E-state index is 0.0167. The first-order valence-corrected chi connectivity index (χ1v) is 7.12. The van der Waals surface area contributed by atoms with Crippen LogP contribution >= 0.6 is 11.6 Å². The fourth-order valence-electron chi connectivity index (χ4n) is 2.36. The minimum atomic E-state index is -0.692. The van der Waals surface area contributed by atoms with E-state index in [0.717, 1.165) is 0 Å². The number of morpholine rings is 1. The van der Waals surface area contributed by atoms with E-state index in [4.69, 9.17) is 22.1 Å². The largest absolute Gasteiger partial charge is 0.383 e. The Bertz CT molecular complexity index is 759. The lowest BCUT2D eigenvalue weighted by atomic mass is 10.1. The molecular weight excluding hydrogens is 311 g/mol. The fraction of sp³-hybridized carbons (Fsp3) is 0.286. The minimum Gasteiger partial charge on any atom is -0.383 e. The third-order valence-electron chi connectivity index (χ3n) is 3.47. The van der Waals surface area contributed by atoms with Gasteiger partial charge in [0, 0.05) is 18.7 Å². The summed E-state index contributed by atoms with van der Waals surface area (Å²) in [4.78, 5) is 21.0. The maximum atomic E-state index is 14.1. The van der Waals surface area contributed by atoms with Crippen LogP contribution in [0.5, 0.6) is 0 Å². The molecule has 3 N–H and O–H groups in total. The van der Waals surface area contributed by atoms with Crippen molar-refractivity contribution in [1.29, 1.82) is 0 Å². The van der Waals surface area contributed by atoms with E-state index in [9.17, 15) is 9.18 Å². The average molecular weight is 325 g/mol.